The number of rotatable bonds is 3. The molecule has 0 fully saturated rings. The molecule has 1 amide bonds. The summed E-state index contributed by atoms with van der Waals surface area (Å²) in [5.41, 5.74) is 2.98. The lowest BCUT2D eigenvalue weighted by molar-refractivity contribution is -0.123. The lowest BCUT2D eigenvalue weighted by atomic mass is 10.2. The number of para-hydroxylation sites is 1. The van der Waals surface area contributed by atoms with Crippen LogP contribution in [0.2, 0.25) is 0 Å². The molecule has 1 rings (SSSR count). The van der Waals surface area contributed by atoms with E-state index in [2.05, 4.69) is 0 Å². The predicted octanol–water partition coefficient (Wildman–Crippen LogP) is 0.364. The Kier molecular flexibility index (Phi) is 3.28. The molecule has 4 heteroatoms. The van der Waals surface area contributed by atoms with Gasteiger partial charge in [-0.1, -0.05) is 18.2 Å². The summed E-state index contributed by atoms with van der Waals surface area (Å²) in [5, 5.41) is 0. The molecule has 13 heavy (non-hydrogen) atoms. The van der Waals surface area contributed by atoms with Gasteiger partial charge in [0.25, 0.3) is 5.91 Å². The highest BCUT2D eigenvalue weighted by Gasteiger charge is 2.01. The number of hydrogen-bond acceptors (Lipinski definition) is 3. The molecular weight excluding hydrogens is 168 g/mol. The van der Waals surface area contributed by atoms with Gasteiger partial charge in [-0.3, -0.25) is 10.2 Å². The zero-order valence-corrected chi connectivity index (χ0v) is 7.41. The number of benzene rings is 1. The van der Waals surface area contributed by atoms with Crippen LogP contribution in [0, 0.1) is 6.92 Å². The van der Waals surface area contributed by atoms with Crippen molar-refractivity contribution >= 4 is 5.91 Å². The van der Waals surface area contributed by atoms with Crippen molar-refractivity contribution in [2.24, 2.45) is 5.84 Å². The molecule has 0 aromatic heterocycles. The first-order valence-corrected chi connectivity index (χ1v) is 3.92. The van der Waals surface area contributed by atoms with Gasteiger partial charge in [0.15, 0.2) is 6.61 Å². The molecule has 3 N–H and O–H groups in total. The van der Waals surface area contributed by atoms with E-state index in [4.69, 9.17) is 10.6 Å². The first-order valence-electron chi connectivity index (χ1n) is 3.92. The van der Waals surface area contributed by atoms with Crippen molar-refractivity contribution in [2.45, 2.75) is 6.92 Å². The van der Waals surface area contributed by atoms with Gasteiger partial charge in [-0.15, -0.1) is 0 Å². The zero-order valence-electron chi connectivity index (χ0n) is 7.41. The number of hydrazine groups is 1. The summed E-state index contributed by atoms with van der Waals surface area (Å²) in [6.45, 7) is 1.86. The summed E-state index contributed by atoms with van der Waals surface area (Å²) < 4.78 is 5.20. The second-order valence-electron chi connectivity index (χ2n) is 2.62. The largest absolute Gasteiger partial charge is 0.483 e. The Morgan fingerprint density at radius 2 is 2.23 bits per heavy atom. The maximum atomic E-state index is 10.7. The summed E-state index contributed by atoms with van der Waals surface area (Å²) in [5.74, 6) is 5.25. The molecule has 0 heterocycles. The number of nitrogens with two attached hydrogens (primary N) is 1. The van der Waals surface area contributed by atoms with Crippen LogP contribution in [0.15, 0.2) is 24.3 Å². The Hall–Kier alpha value is -1.55. The van der Waals surface area contributed by atoms with E-state index in [0.29, 0.717) is 5.75 Å². The van der Waals surface area contributed by atoms with Crippen molar-refractivity contribution in [3.05, 3.63) is 29.8 Å². The Morgan fingerprint density at radius 1 is 1.54 bits per heavy atom. The van der Waals surface area contributed by atoms with Crippen LogP contribution in [0.1, 0.15) is 5.56 Å². The summed E-state index contributed by atoms with van der Waals surface area (Å²) in [4.78, 5) is 10.7. The van der Waals surface area contributed by atoms with Crippen molar-refractivity contribution in [3.8, 4) is 5.75 Å². The Morgan fingerprint density at radius 3 is 2.85 bits per heavy atom. The van der Waals surface area contributed by atoms with Crippen LogP contribution in [0.5, 0.6) is 5.75 Å². The molecule has 0 unspecified atom stereocenters. The van der Waals surface area contributed by atoms with E-state index in [-0.39, 0.29) is 12.5 Å². The van der Waals surface area contributed by atoms with Gasteiger partial charge in [-0.2, -0.15) is 0 Å². The Balaban J connectivity index is 2.54. The minimum absolute atomic E-state index is 0.0542. The standard InChI is InChI=1S/C9H12N2O2/c1-7-4-2-3-5-8(7)13-6-9(12)11-10/h2-5H,6,10H2,1H3,(H,11,12). The molecular formula is C9H12N2O2. The van der Waals surface area contributed by atoms with Gasteiger partial charge in [0.1, 0.15) is 5.75 Å². The number of hydrogen-bond donors (Lipinski definition) is 2. The number of nitrogens with one attached hydrogen (secondary N) is 1. The second kappa shape index (κ2) is 4.47. The third kappa shape index (κ3) is 2.76. The smallest absolute Gasteiger partial charge is 0.271 e. The monoisotopic (exact) mass is 180 g/mol. The van der Waals surface area contributed by atoms with Crippen molar-refractivity contribution in [1.29, 1.82) is 0 Å². The zero-order chi connectivity index (χ0) is 9.68. The van der Waals surface area contributed by atoms with Gasteiger partial charge in [-0.05, 0) is 18.6 Å². The van der Waals surface area contributed by atoms with Crippen LogP contribution in [0.4, 0.5) is 0 Å². The summed E-state index contributed by atoms with van der Waals surface area (Å²) >= 11 is 0. The number of carbonyl (C=O) groups excluding carboxylic acids is 1. The van der Waals surface area contributed by atoms with E-state index in [0.717, 1.165) is 5.56 Å². The molecule has 0 aliphatic rings. The average Bonchev–Trinajstić information content (AvgIpc) is 2.16. The molecule has 1 aromatic rings. The number of ether oxygens (including phenoxy) is 1. The number of carbonyl (C=O) groups is 1. The molecule has 0 aliphatic heterocycles. The molecule has 0 saturated heterocycles. The van der Waals surface area contributed by atoms with Crippen molar-refractivity contribution in [3.63, 3.8) is 0 Å². The fourth-order valence-electron chi connectivity index (χ4n) is 0.903. The average molecular weight is 180 g/mol. The number of aryl methyl sites for hydroxylation is 1. The molecule has 0 radical (unpaired) electrons. The van der Waals surface area contributed by atoms with Crippen LogP contribution in [0.25, 0.3) is 0 Å². The van der Waals surface area contributed by atoms with E-state index >= 15 is 0 Å². The summed E-state index contributed by atoms with van der Waals surface area (Å²) in [6.07, 6.45) is 0. The van der Waals surface area contributed by atoms with Gasteiger partial charge < -0.3 is 4.74 Å². The highest BCUT2D eigenvalue weighted by Crippen LogP contribution is 2.15. The molecule has 1 aromatic carbocycles. The first kappa shape index (κ1) is 9.54. The topological polar surface area (TPSA) is 64.3 Å². The van der Waals surface area contributed by atoms with Gasteiger partial charge in [0, 0.05) is 0 Å². The van der Waals surface area contributed by atoms with E-state index in [1.807, 2.05) is 30.5 Å². The molecule has 0 spiro atoms. The van der Waals surface area contributed by atoms with Gasteiger partial charge in [-0.25, -0.2) is 5.84 Å². The molecule has 0 aliphatic carbocycles. The number of amides is 1. The molecule has 0 atom stereocenters. The highest BCUT2D eigenvalue weighted by atomic mass is 16.5. The van der Waals surface area contributed by atoms with E-state index in [1.165, 1.54) is 0 Å². The molecule has 4 nitrogen and oxygen atoms in total. The summed E-state index contributed by atoms with van der Waals surface area (Å²) in [6, 6.07) is 7.47. The van der Waals surface area contributed by atoms with E-state index in [9.17, 15) is 4.79 Å². The molecule has 0 saturated carbocycles. The Labute approximate surface area is 76.7 Å². The normalized spacial score (nSPS) is 9.38. The molecule has 70 valence electrons. The predicted molar refractivity (Wildman–Crippen MR) is 49.0 cm³/mol. The van der Waals surface area contributed by atoms with Crippen LogP contribution < -0.4 is 16.0 Å². The minimum Gasteiger partial charge on any atom is -0.483 e. The van der Waals surface area contributed by atoms with Gasteiger partial charge in [0.2, 0.25) is 0 Å². The van der Waals surface area contributed by atoms with Gasteiger partial charge in [0.05, 0.1) is 0 Å². The molecule has 0 bridgehead atoms. The highest BCUT2D eigenvalue weighted by molar-refractivity contribution is 5.76. The quantitative estimate of drug-likeness (QED) is 0.401. The Bertz CT molecular complexity index is 299. The van der Waals surface area contributed by atoms with Crippen molar-refractivity contribution in [1.82, 2.24) is 5.43 Å². The van der Waals surface area contributed by atoms with Crippen LogP contribution >= 0.6 is 0 Å². The van der Waals surface area contributed by atoms with Crippen LogP contribution in [-0.4, -0.2) is 12.5 Å². The van der Waals surface area contributed by atoms with Crippen LogP contribution in [-0.2, 0) is 4.79 Å². The van der Waals surface area contributed by atoms with Crippen molar-refractivity contribution < 1.29 is 9.53 Å². The lowest BCUT2D eigenvalue weighted by Gasteiger charge is -2.06. The maximum absolute atomic E-state index is 10.7. The third-order valence-electron chi connectivity index (χ3n) is 1.61. The fraction of sp³-hybridized carbons (Fsp3) is 0.222. The second-order valence-corrected chi connectivity index (χ2v) is 2.62. The maximum Gasteiger partial charge on any atom is 0.271 e. The third-order valence-corrected chi connectivity index (χ3v) is 1.61. The lowest BCUT2D eigenvalue weighted by Crippen LogP contribution is -2.34. The van der Waals surface area contributed by atoms with E-state index < -0.39 is 0 Å². The first-order chi connectivity index (χ1) is 6.24. The SMILES string of the molecule is Cc1ccccc1OCC(=O)NN. The van der Waals surface area contributed by atoms with Crippen molar-refractivity contribution in [2.75, 3.05) is 6.61 Å². The van der Waals surface area contributed by atoms with E-state index in [1.54, 1.807) is 6.07 Å². The summed E-state index contributed by atoms with van der Waals surface area (Å²) in [7, 11) is 0. The van der Waals surface area contributed by atoms with Crippen LogP contribution in [0.3, 0.4) is 0 Å². The minimum atomic E-state index is -0.344. The van der Waals surface area contributed by atoms with Gasteiger partial charge >= 0.3 is 0 Å². The fourth-order valence-corrected chi connectivity index (χ4v) is 0.903.